The number of hydrogen-bond donors (Lipinski definition) is 0. The lowest BCUT2D eigenvalue weighted by molar-refractivity contribution is -0.139. The number of ether oxygens (including phenoxy) is 1. The van der Waals surface area contributed by atoms with Gasteiger partial charge in [-0.05, 0) is 29.8 Å². The summed E-state index contributed by atoms with van der Waals surface area (Å²) < 4.78 is 18.4. The van der Waals surface area contributed by atoms with Crippen LogP contribution < -0.4 is 9.64 Å². The Bertz CT molecular complexity index is 971. The van der Waals surface area contributed by atoms with Gasteiger partial charge in [-0.15, -0.1) is 0 Å². The average molecular weight is 425 g/mol. The number of hydrogen-bond acceptors (Lipinski definition) is 4. The van der Waals surface area contributed by atoms with Crippen molar-refractivity contribution in [2.45, 2.75) is 12.8 Å². The molecule has 0 N–H and O–H groups in total. The standard InChI is InChI=1S/C23H24FN3O4/c24-18-7-5-17(6-8-18)15-22(29)26-13-11-25(12-14-26)21(28)9-10-27-19-3-1-2-4-20(19)31-16-23(27)30/h1-8H,9-16H2. The molecule has 1 saturated heterocycles. The van der Waals surface area contributed by atoms with Crippen LogP contribution in [0.4, 0.5) is 10.1 Å². The smallest absolute Gasteiger partial charge is 0.265 e. The van der Waals surface area contributed by atoms with Crippen molar-refractivity contribution in [3.8, 4) is 5.75 Å². The number of fused-ring (bicyclic) bond motifs is 1. The second kappa shape index (κ2) is 9.16. The highest BCUT2D eigenvalue weighted by atomic mass is 19.1. The molecule has 2 aliphatic heterocycles. The van der Waals surface area contributed by atoms with Crippen LogP contribution in [-0.4, -0.2) is 66.9 Å². The molecule has 2 aromatic carbocycles. The Kier molecular flexibility index (Phi) is 6.16. The van der Waals surface area contributed by atoms with E-state index in [-0.39, 0.29) is 43.0 Å². The number of benzene rings is 2. The van der Waals surface area contributed by atoms with Crippen LogP contribution in [0.25, 0.3) is 0 Å². The summed E-state index contributed by atoms with van der Waals surface area (Å²) in [7, 11) is 0. The van der Waals surface area contributed by atoms with E-state index in [2.05, 4.69) is 0 Å². The van der Waals surface area contributed by atoms with Crippen LogP contribution in [0.15, 0.2) is 48.5 Å². The van der Waals surface area contributed by atoms with Crippen molar-refractivity contribution in [1.29, 1.82) is 0 Å². The second-order valence-electron chi connectivity index (χ2n) is 7.62. The van der Waals surface area contributed by atoms with E-state index >= 15 is 0 Å². The van der Waals surface area contributed by atoms with Gasteiger partial charge >= 0.3 is 0 Å². The van der Waals surface area contributed by atoms with Crippen molar-refractivity contribution in [2.75, 3.05) is 44.2 Å². The fourth-order valence-electron chi connectivity index (χ4n) is 3.86. The number of carbonyl (C=O) groups is 3. The van der Waals surface area contributed by atoms with Gasteiger partial charge in [-0.3, -0.25) is 14.4 Å². The second-order valence-corrected chi connectivity index (χ2v) is 7.62. The topological polar surface area (TPSA) is 70.2 Å². The first-order chi connectivity index (χ1) is 15.0. The van der Waals surface area contributed by atoms with Crippen molar-refractivity contribution >= 4 is 23.4 Å². The lowest BCUT2D eigenvalue weighted by Gasteiger charge is -2.35. The first-order valence-corrected chi connectivity index (χ1v) is 10.3. The highest BCUT2D eigenvalue weighted by molar-refractivity contribution is 5.98. The maximum atomic E-state index is 13.0. The maximum absolute atomic E-state index is 13.0. The fraction of sp³-hybridized carbons (Fsp3) is 0.348. The van der Waals surface area contributed by atoms with Crippen LogP contribution in [0.2, 0.25) is 0 Å². The zero-order valence-corrected chi connectivity index (χ0v) is 17.1. The van der Waals surface area contributed by atoms with Gasteiger partial charge in [0.2, 0.25) is 11.8 Å². The van der Waals surface area contributed by atoms with Gasteiger partial charge in [0, 0.05) is 39.1 Å². The molecule has 8 heteroatoms. The van der Waals surface area contributed by atoms with Gasteiger partial charge < -0.3 is 19.4 Å². The van der Waals surface area contributed by atoms with Crippen molar-refractivity contribution in [3.63, 3.8) is 0 Å². The van der Waals surface area contributed by atoms with Crippen LogP contribution >= 0.6 is 0 Å². The number of nitrogens with zero attached hydrogens (tertiary/aromatic N) is 3. The Hall–Kier alpha value is -3.42. The number of rotatable bonds is 5. The molecule has 162 valence electrons. The van der Waals surface area contributed by atoms with E-state index in [1.54, 1.807) is 32.9 Å². The van der Waals surface area contributed by atoms with Gasteiger partial charge in [0.25, 0.3) is 5.91 Å². The minimum absolute atomic E-state index is 0.0277. The molecule has 0 spiro atoms. The number of carbonyl (C=O) groups excluding carboxylic acids is 3. The van der Waals surface area contributed by atoms with Crippen molar-refractivity contribution < 1.29 is 23.5 Å². The van der Waals surface area contributed by atoms with Crippen molar-refractivity contribution in [1.82, 2.24) is 9.80 Å². The molecule has 0 radical (unpaired) electrons. The Labute approximate surface area is 180 Å². The van der Waals surface area contributed by atoms with Crippen LogP contribution in [0.5, 0.6) is 5.75 Å². The predicted molar refractivity (Wildman–Crippen MR) is 112 cm³/mol. The molecular weight excluding hydrogens is 401 g/mol. The van der Waals surface area contributed by atoms with E-state index in [0.29, 0.717) is 44.2 Å². The summed E-state index contributed by atoms with van der Waals surface area (Å²) in [6.07, 6.45) is 0.427. The molecule has 0 unspecified atom stereocenters. The summed E-state index contributed by atoms with van der Waals surface area (Å²) in [5.74, 6) is 0.0766. The Balaban J connectivity index is 1.26. The van der Waals surface area contributed by atoms with E-state index in [1.165, 1.54) is 12.1 Å². The molecule has 2 heterocycles. The van der Waals surface area contributed by atoms with Gasteiger partial charge in [-0.25, -0.2) is 4.39 Å². The molecule has 2 aliphatic rings. The number of halogens is 1. The molecule has 0 saturated carbocycles. The lowest BCUT2D eigenvalue weighted by Crippen LogP contribution is -2.51. The quantitative estimate of drug-likeness (QED) is 0.733. The van der Waals surface area contributed by atoms with Gasteiger partial charge in [0.1, 0.15) is 11.6 Å². The third-order valence-corrected chi connectivity index (χ3v) is 5.61. The van der Waals surface area contributed by atoms with Gasteiger partial charge in [0.15, 0.2) is 6.61 Å². The summed E-state index contributed by atoms with van der Waals surface area (Å²) in [4.78, 5) is 42.5. The maximum Gasteiger partial charge on any atom is 0.265 e. The van der Waals surface area contributed by atoms with Gasteiger partial charge in [-0.2, -0.15) is 0 Å². The van der Waals surface area contributed by atoms with Crippen molar-refractivity contribution in [3.05, 3.63) is 59.9 Å². The largest absolute Gasteiger partial charge is 0.482 e. The number of para-hydroxylation sites is 2. The van der Waals surface area contributed by atoms with Crippen LogP contribution in [-0.2, 0) is 20.8 Å². The lowest BCUT2D eigenvalue weighted by atomic mass is 10.1. The van der Waals surface area contributed by atoms with Crippen LogP contribution in [0, 0.1) is 5.82 Å². The molecule has 7 nitrogen and oxygen atoms in total. The summed E-state index contributed by atoms with van der Waals surface area (Å²) in [5.41, 5.74) is 1.45. The molecule has 0 aliphatic carbocycles. The molecule has 1 fully saturated rings. The molecule has 3 amide bonds. The number of amides is 3. The first kappa shape index (κ1) is 20.8. The van der Waals surface area contributed by atoms with E-state index in [0.717, 1.165) is 5.56 Å². The summed E-state index contributed by atoms with van der Waals surface area (Å²) in [6, 6.07) is 13.2. The average Bonchev–Trinajstić information content (AvgIpc) is 2.80. The zero-order valence-electron chi connectivity index (χ0n) is 17.1. The van der Waals surface area contributed by atoms with E-state index in [1.807, 2.05) is 18.2 Å². The van der Waals surface area contributed by atoms with E-state index < -0.39 is 0 Å². The molecule has 31 heavy (non-hydrogen) atoms. The summed E-state index contributed by atoms with van der Waals surface area (Å²) in [5, 5.41) is 0. The SMILES string of the molecule is O=C(CCN1C(=O)COc2ccccc21)N1CCN(C(=O)Cc2ccc(F)cc2)CC1. The van der Waals surface area contributed by atoms with Crippen molar-refractivity contribution in [2.24, 2.45) is 0 Å². The Morgan fingerprint density at radius 2 is 1.55 bits per heavy atom. The third kappa shape index (κ3) is 4.84. The molecule has 0 atom stereocenters. The van der Waals surface area contributed by atoms with Crippen LogP contribution in [0.3, 0.4) is 0 Å². The Morgan fingerprint density at radius 3 is 2.26 bits per heavy atom. The van der Waals surface area contributed by atoms with E-state index in [9.17, 15) is 18.8 Å². The van der Waals surface area contributed by atoms with Gasteiger partial charge in [0.05, 0.1) is 12.1 Å². The molecular formula is C23H24FN3O4. The summed E-state index contributed by atoms with van der Waals surface area (Å²) >= 11 is 0. The summed E-state index contributed by atoms with van der Waals surface area (Å²) in [6.45, 7) is 2.11. The monoisotopic (exact) mass is 425 g/mol. The molecule has 4 rings (SSSR count). The first-order valence-electron chi connectivity index (χ1n) is 10.3. The normalized spacial score (nSPS) is 16.0. The molecule has 0 aromatic heterocycles. The minimum Gasteiger partial charge on any atom is -0.482 e. The zero-order chi connectivity index (χ0) is 21.8. The Morgan fingerprint density at radius 1 is 0.903 bits per heavy atom. The fourth-order valence-corrected chi connectivity index (χ4v) is 3.86. The highest BCUT2D eigenvalue weighted by Crippen LogP contribution is 2.31. The van der Waals surface area contributed by atoms with Crippen LogP contribution in [0.1, 0.15) is 12.0 Å². The molecule has 0 bridgehead atoms. The predicted octanol–water partition coefficient (Wildman–Crippen LogP) is 1.85. The third-order valence-electron chi connectivity index (χ3n) is 5.61. The number of piperazine rings is 1. The van der Waals surface area contributed by atoms with E-state index in [4.69, 9.17) is 4.74 Å². The highest BCUT2D eigenvalue weighted by Gasteiger charge is 2.28. The minimum atomic E-state index is -0.328. The van der Waals surface area contributed by atoms with Gasteiger partial charge in [-0.1, -0.05) is 24.3 Å². The number of anilines is 1. The molecule has 2 aromatic rings.